The molecule has 0 atom stereocenters. The molecule has 0 saturated carbocycles. The number of nitrogens with zero attached hydrogens (tertiary/aromatic N) is 2. The molecule has 2 nitrogen and oxygen atoms in total. The zero-order valence-corrected chi connectivity index (χ0v) is 53.0. The van der Waals surface area contributed by atoms with Crippen molar-refractivity contribution in [2.24, 2.45) is 0 Å². The van der Waals surface area contributed by atoms with Crippen molar-refractivity contribution in [1.29, 1.82) is 0 Å². The van der Waals surface area contributed by atoms with Gasteiger partial charge in [-0.2, -0.15) is 0 Å². The third-order valence-corrected chi connectivity index (χ3v) is 18.6. The van der Waals surface area contributed by atoms with E-state index < -0.39 is 0 Å². The summed E-state index contributed by atoms with van der Waals surface area (Å²) in [6, 6.07) is 144. The van der Waals surface area contributed by atoms with E-state index in [9.17, 15) is 0 Å². The molecule has 96 heavy (non-hydrogen) atoms. The van der Waals surface area contributed by atoms with Gasteiger partial charge in [0.15, 0.2) is 0 Å². The second-order valence-electron chi connectivity index (χ2n) is 24.4. The first-order chi connectivity index (χ1) is 47.6. The fourth-order valence-corrected chi connectivity index (χ4v) is 13.5. The molecule has 0 aliphatic heterocycles. The lowest BCUT2D eigenvalue weighted by Gasteiger charge is -2.26. The molecule has 17 aromatic rings. The maximum Gasteiger partial charge on any atom is 0.0462 e. The van der Waals surface area contributed by atoms with Crippen LogP contribution in [-0.4, -0.2) is 0 Å². The van der Waals surface area contributed by atoms with Crippen LogP contribution in [-0.2, 0) is 0 Å². The minimum Gasteiger partial charge on any atom is -0.311 e. The van der Waals surface area contributed by atoms with Crippen LogP contribution in [0.2, 0.25) is 0 Å². The number of anilines is 6. The molecule has 17 rings (SSSR count). The van der Waals surface area contributed by atoms with Crippen molar-refractivity contribution in [3.8, 4) is 77.9 Å². The summed E-state index contributed by atoms with van der Waals surface area (Å²) in [6.45, 7) is 0. The summed E-state index contributed by atoms with van der Waals surface area (Å²) < 4.78 is 0. The fourth-order valence-electron chi connectivity index (χ4n) is 13.5. The summed E-state index contributed by atoms with van der Waals surface area (Å²) in [4.78, 5) is 4.66. The summed E-state index contributed by atoms with van der Waals surface area (Å²) >= 11 is 0. The Morgan fingerprint density at radius 1 is 0.125 bits per heavy atom. The third kappa shape index (κ3) is 12.2. The summed E-state index contributed by atoms with van der Waals surface area (Å²) in [6.07, 6.45) is 0. The van der Waals surface area contributed by atoms with E-state index in [1.807, 2.05) is 0 Å². The van der Waals surface area contributed by atoms with Gasteiger partial charge in [-0.25, -0.2) is 0 Å². The van der Waals surface area contributed by atoms with Crippen molar-refractivity contribution in [1.82, 2.24) is 0 Å². The van der Waals surface area contributed by atoms with E-state index in [2.05, 4.69) is 410 Å². The topological polar surface area (TPSA) is 6.48 Å². The van der Waals surface area contributed by atoms with Gasteiger partial charge in [-0.1, -0.05) is 315 Å². The number of benzene rings is 17. The summed E-state index contributed by atoms with van der Waals surface area (Å²) in [5.74, 6) is 0. The highest BCUT2D eigenvalue weighted by molar-refractivity contribution is 5.99. The normalized spacial score (nSPS) is 11.1. The van der Waals surface area contributed by atoms with Crippen molar-refractivity contribution < 1.29 is 0 Å². The van der Waals surface area contributed by atoms with E-state index in [0.717, 1.165) is 34.1 Å². The second-order valence-corrected chi connectivity index (χ2v) is 24.4. The highest BCUT2D eigenvalue weighted by Crippen LogP contribution is 2.41. The maximum absolute atomic E-state index is 2.34. The molecule has 452 valence electrons. The number of para-hydroxylation sites is 1. The Labute approximate surface area is 561 Å². The fraction of sp³-hybridized carbons (Fsp3) is 0. The zero-order valence-electron chi connectivity index (χ0n) is 53.0. The summed E-state index contributed by atoms with van der Waals surface area (Å²) in [5.41, 5.74) is 23.7. The van der Waals surface area contributed by atoms with Crippen LogP contribution in [0.15, 0.2) is 400 Å². The first kappa shape index (κ1) is 58.5. The van der Waals surface area contributed by atoms with E-state index >= 15 is 0 Å². The van der Waals surface area contributed by atoms with E-state index in [0.29, 0.717) is 0 Å². The molecule has 0 radical (unpaired) electrons. The first-order valence-corrected chi connectivity index (χ1v) is 32.9. The van der Waals surface area contributed by atoms with Gasteiger partial charge in [0, 0.05) is 34.1 Å². The molecule has 0 bridgehead atoms. The van der Waals surface area contributed by atoms with Crippen molar-refractivity contribution in [2.45, 2.75) is 0 Å². The molecule has 2 heteroatoms. The molecule has 0 heterocycles. The van der Waals surface area contributed by atoms with Crippen LogP contribution in [0.1, 0.15) is 0 Å². The lowest BCUT2D eigenvalue weighted by Crippen LogP contribution is -2.09. The number of rotatable bonds is 13. The lowest BCUT2D eigenvalue weighted by atomic mass is 9.96. The van der Waals surface area contributed by atoms with Crippen LogP contribution in [0.5, 0.6) is 0 Å². The first-order valence-electron chi connectivity index (χ1n) is 32.9. The molecule has 0 unspecified atom stereocenters. The van der Waals surface area contributed by atoms with Gasteiger partial charge in [-0.05, 0) is 206 Å². The maximum atomic E-state index is 2.34. The van der Waals surface area contributed by atoms with Crippen LogP contribution < -0.4 is 9.80 Å². The Kier molecular flexibility index (Phi) is 16.2. The van der Waals surface area contributed by atoms with Crippen LogP contribution in [0.25, 0.3) is 121 Å². The molecule has 0 N–H and O–H groups in total. The predicted molar refractivity (Wildman–Crippen MR) is 410 cm³/mol. The van der Waals surface area contributed by atoms with Gasteiger partial charge in [0.25, 0.3) is 0 Å². The van der Waals surface area contributed by atoms with Crippen molar-refractivity contribution >= 4 is 77.2 Å². The molecule has 0 saturated heterocycles. The van der Waals surface area contributed by atoms with Gasteiger partial charge < -0.3 is 9.80 Å². The molecule has 0 aromatic heterocycles. The van der Waals surface area contributed by atoms with E-state index in [1.54, 1.807) is 0 Å². The lowest BCUT2D eigenvalue weighted by molar-refractivity contribution is 1.28. The zero-order chi connectivity index (χ0) is 64.0. The van der Waals surface area contributed by atoms with Crippen molar-refractivity contribution in [2.75, 3.05) is 9.80 Å². The number of fused-ring (bicyclic) bond motifs is 4. The minimum atomic E-state index is 1.12. The van der Waals surface area contributed by atoms with Crippen LogP contribution in [0.4, 0.5) is 34.1 Å². The molecule has 0 spiro atoms. The molecule has 0 aliphatic carbocycles. The number of hydrogen-bond acceptors (Lipinski definition) is 2. The summed E-state index contributed by atoms with van der Waals surface area (Å²) in [7, 11) is 0. The van der Waals surface area contributed by atoms with Gasteiger partial charge in [-0.3, -0.25) is 0 Å². The number of hydrogen-bond donors (Lipinski definition) is 0. The average molecular weight is 1220 g/mol. The largest absolute Gasteiger partial charge is 0.311 e. The molecule has 0 aliphatic rings. The van der Waals surface area contributed by atoms with E-state index in [-0.39, 0.29) is 0 Å². The minimum absolute atomic E-state index is 1.12. The van der Waals surface area contributed by atoms with Gasteiger partial charge >= 0.3 is 0 Å². The third-order valence-electron chi connectivity index (χ3n) is 18.6. The predicted octanol–water partition coefficient (Wildman–Crippen LogP) is 26.6. The SMILES string of the molecule is c1ccc(-c2ccc(N(c3ccc(-c4ccc5ccccc5c4)cc3)c3ccc(-c4cccc5ccccc45)cc3)cc2)cc1.c1ccc(N(c2ccc(-c3ccc(-c4ccc5ccccc5c4)cc3)cc2)c2ccc(-c3ccc(-c4cccc5ccccc45)cc3)cc2)cc1. The van der Waals surface area contributed by atoms with Gasteiger partial charge in [0.2, 0.25) is 0 Å². The Morgan fingerprint density at radius 3 is 0.719 bits per heavy atom. The molecule has 17 aromatic carbocycles. The van der Waals surface area contributed by atoms with Crippen LogP contribution in [0.3, 0.4) is 0 Å². The van der Waals surface area contributed by atoms with Gasteiger partial charge in [0.1, 0.15) is 0 Å². The molecular weight excluding hydrogens is 1160 g/mol. The van der Waals surface area contributed by atoms with Crippen LogP contribution >= 0.6 is 0 Å². The average Bonchev–Trinajstić information content (AvgIpc) is 0.825. The van der Waals surface area contributed by atoms with Crippen molar-refractivity contribution in [3.05, 3.63) is 400 Å². The quantitative estimate of drug-likeness (QED) is 0.114. The summed E-state index contributed by atoms with van der Waals surface area (Å²) in [5, 5.41) is 10.1. The van der Waals surface area contributed by atoms with E-state index in [1.165, 1.54) is 121 Å². The Hall–Kier alpha value is -12.6. The Balaban J connectivity index is 0.000000152. The molecule has 0 amide bonds. The van der Waals surface area contributed by atoms with Crippen molar-refractivity contribution in [3.63, 3.8) is 0 Å². The Morgan fingerprint density at radius 2 is 0.354 bits per heavy atom. The van der Waals surface area contributed by atoms with Crippen LogP contribution in [0, 0.1) is 0 Å². The smallest absolute Gasteiger partial charge is 0.0462 e. The Bertz CT molecular complexity index is 5500. The molecular formula is C94H66N2. The van der Waals surface area contributed by atoms with Gasteiger partial charge in [-0.15, -0.1) is 0 Å². The van der Waals surface area contributed by atoms with Gasteiger partial charge in [0.05, 0.1) is 0 Å². The monoisotopic (exact) mass is 1220 g/mol. The highest BCUT2D eigenvalue weighted by atomic mass is 15.1. The standard InChI is InChI=1S/C50H35N.C44H31N/c1-2-13-46(14-3-1)51(47-31-27-39(28-32-47)37-17-19-41(20-18-37)45-26-23-36-9-4-5-11-44(36)35-45)48-33-29-40(30-34-48)38-21-24-43(25-22-38)50-16-8-12-42-10-6-7-15-49(42)50;1-2-9-32(10-3-1)34-19-25-40(26-20-34)45(41-27-21-35(22-28-41)39-18-17-33-11-4-5-13-38(33)31-39)42-29-23-37(24-30-42)44-16-8-14-36-12-6-7-15-43(36)44/h1-35H;1-31H. The van der Waals surface area contributed by atoms with E-state index in [4.69, 9.17) is 0 Å². The highest BCUT2D eigenvalue weighted by Gasteiger charge is 2.17. The second kappa shape index (κ2) is 26.5. The molecule has 0 fully saturated rings.